The number of primary amides is 1. The van der Waals surface area contributed by atoms with Gasteiger partial charge in [0, 0.05) is 30.9 Å². The molecule has 1 fully saturated rings. The van der Waals surface area contributed by atoms with Crippen molar-refractivity contribution in [1.29, 1.82) is 0 Å². The zero-order chi connectivity index (χ0) is 12.1. The Morgan fingerprint density at radius 3 is 2.76 bits per heavy atom. The van der Waals surface area contributed by atoms with E-state index in [0.29, 0.717) is 6.04 Å². The Morgan fingerprint density at radius 1 is 1.41 bits per heavy atom. The second-order valence-corrected chi connectivity index (χ2v) is 4.67. The molecular formula is C12H20N4O. The van der Waals surface area contributed by atoms with Crippen molar-refractivity contribution in [3.8, 4) is 0 Å². The number of hydrogen-bond donors (Lipinski definition) is 2. The first-order valence-corrected chi connectivity index (χ1v) is 6.26. The van der Waals surface area contributed by atoms with Gasteiger partial charge in [-0.15, -0.1) is 0 Å². The monoisotopic (exact) mass is 236 g/mol. The van der Waals surface area contributed by atoms with Crippen LogP contribution in [-0.2, 0) is 11.3 Å². The van der Waals surface area contributed by atoms with Crippen LogP contribution in [0.3, 0.4) is 0 Å². The summed E-state index contributed by atoms with van der Waals surface area (Å²) in [6.45, 7) is 1.82. The molecule has 17 heavy (non-hydrogen) atoms. The lowest BCUT2D eigenvalue weighted by Crippen LogP contribution is -2.38. The molecule has 0 aromatic carbocycles. The lowest BCUT2D eigenvalue weighted by molar-refractivity contribution is -0.122. The maximum absolute atomic E-state index is 11.0. The summed E-state index contributed by atoms with van der Waals surface area (Å²) < 4.78 is 1.92. The molecule has 2 rings (SSSR count). The second kappa shape index (κ2) is 5.82. The van der Waals surface area contributed by atoms with Gasteiger partial charge in [-0.2, -0.15) is 5.10 Å². The Morgan fingerprint density at radius 2 is 2.18 bits per heavy atom. The highest BCUT2D eigenvalue weighted by Crippen LogP contribution is 2.23. The molecule has 1 aromatic heterocycles. The minimum absolute atomic E-state index is 0.0964. The summed E-state index contributed by atoms with van der Waals surface area (Å²) in [4.78, 5) is 11.0. The molecular weight excluding hydrogens is 216 g/mol. The van der Waals surface area contributed by atoms with E-state index < -0.39 is 0 Å². The van der Waals surface area contributed by atoms with Crippen molar-refractivity contribution in [3.63, 3.8) is 0 Å². The Balaban J connectivity index is 1.63. The smallest absolute Gasteiger partial charge is 0.220 e. The molecule has 5 nitrogen and oxygen atoms in total. The third-order valence-electron chi connectivity index (χ3n) is 3.46. The highest BCUT2D eigenvalue weighted by Gasteiger charge is 2.23. The van der Waals surface area contributed by atoms with Crippen LogP contribution in [0.15, 0.2) is 18.5 Å². The lowest BCUT2D eigenvalue weighted by Gasteiger charge is -2.27. The summed E-state index contributed by atoms with van der Waals surface area (Å²) >= 11 is 0. The quantitative estimate of drug-likeness (QED) is 0.782. The first-order chi connectivity index (χ1) is 8.25. The maximum Gasteiger partial charge on any atom is 0.220 e. The normalized spacial score (nSPS) is 24.7. The molecule has 0 radical (unpaired) electrons. The van der Waals surface area contributed by atoms with Crippen LogP contribution >= 0.6 is 0 Å². The number of rotatable bonds is 5. The molecule has 1 saturated carbocycles. The number of carbonyl (C=O) groups excluding carboxylic acids is 1. The van der Waals surface area contributed by atoms with Crippen LogP contribution in [0.1, 0.15) is 25.7 Å². The average Bonchev–Trinajstić information content (AvgIpc) is 2.83. The van der Waals surface area contributed by atoms with Gasteiger partial charge in [0.2, 0.25) is 5.91 Å². The summed E-state index contributed by atoms with van der Waals surface area (Å²) in [5, 5.41) is 7.66. The molecule has 0 saturated heterocycles. The number of nitrogens with zero attached hydrogens (tertiary/aromatic N) is 2. The minimum atomic E-state index is -0.139. The molecule has 94 valence electrons. The van der Waals surface area contributed by atoms with Crippen molar-refractivity contribution in [2.24, 2.45) is 11.7 Å². The molecule has 0 spiro atoms. The van der Waals surface area contributed by atoms with E-state index in [0.717, 1.165) is 38.8 Å². The molecule has 3 N–H and O–H groups in total. The molecule has 1 aromatic rings. The van der Waals surface area contributed by atoms with Gasteiger partial charge >= 0.3 is 0 Å². The summed E-state index contributed by atoms with van der Waals surface area (Å²) in [6.07, 6.45) is 7.70. The second-order valence-electron chi connectivity index (χ2n) is 4.67. The Bertz CT molecular complexity index is 341. The summed E-state index contributed by atoms with van der Waals surface area (Å²) in [5.41, 5.74) is 5.31. The standard InChI is InChI=1S/C12H20N4O/c13-12(17)10-2-4-11(5-3-10)14-7-9-16-8-1-6-15-16/h1,6,8,10-11,14H,2-5,7,9H2,(H2,13,17). The molecule has 0 aliphatic heterocycles. The lowest BCUT2D eigenvalue weighted by atomic mass is 9.85. The fourth-order valence-corrected chi connectivity index (χ4v) is 2.40. The van der Waals surface area contributed by atoms with E-state index in [9.17, 15) is 4.79 Å². The Labute approximate surface area is 101 Å². The number of aromatic nitrogens is 2. The van der Waals surface area contributed by atoms with E-state index in [1.165, 1.54) is 0 Å². The van der Waals surface area contributed by atoms with E-state index in [1.54, 1.807) is 6.20 Å². The first-order valence-electron chi connectivity index (χ1n) is 6.26. The van der Waals surface area contributed by atoms with Gasteiger partial charge in [0.25, 0.3) is 0 Å². The zero-order valence-corrected chi connectivity index (χ0v) is 10.0. The molecule has 1 heterocycles. The fourth-order valence-electron chi connectivity index (χ4n) is 2.40. The van der Waals surface area contributed by atoms with Gasteiger partial charge in [0.05, 0.1) is 6.54 Å². The van der Waals surface area contributed by atoms with Crippen molar-refractivity contribution in [2.75, 3.05) is 6.54 Å². The summed E-state index contributed by atoms with van der Waals surface area (Å²) in [6, 6.07) is 2.46. The zero-order valence-electron chi connectivity index (χ0n) is 10.0. The molecule has 1 amide bonds. The fraction of sp³-hybridized carbons (Fsp3) is 0.667. The molecule has 0 atom stereocenters. The van der Waals surface area contributed by atoms with Crippen LogP contribution in [0.5, 0.6) is 0 Å². The van der Waals surface area contributed by atoms with Crippen LogP contribution in [0.4, 0.5) is 0 Å². The Kier molecular flexibility index (Phi) is 4.14. The van der Waals surface area contributed by atoms with Gasteiger partial charge in [-0.3, -0.25) is 9.48 Å². The van der Waals surface area contributed by atoms with E-state index in [-0.39, 0.29) is 11.8 Å². The minimum Gasteiger partial charge on any atom is -0.369 e. The summed E-state index contributed by atoms with van der Waals surface area (Å²) in [5.74, 6) is -0.0424. The van der Waals surface area contributed by atoms with Crippen molar-refractivity contribution in [3.05, 3.63) is 18.5 Å². The van der Waals surface area contributed by atoms with Gasteiger partial charge < -0.3 is 11.1 Å². The average molecular weight is 236 g/mol. The predicted molar refractivity (Wildman–Crippen MR) is 65.2 cm³/mol. The number of nitrogens with one attached hydrogen (secondary N) is 1. The first kappa shape index (κ1) is 12.1. The molecule has 5 heteroatoms. The molecule has 1 aliphatic carbocycles. The third kappa shape index (κ3) is 3.56. The number of carbonyl (C=O) groups is 1. The van der Waals surface area contributed by atoms with E-state index in [2.05, 4.69) is 10.4 Å². The van der Waals surface area contributed by atoms with Crippen molar-refractivity contribution in [2.45, 2.75) is 38.3 Å². The van der Waals surface area contributed by atoms with E-state index in [1.807, 2.05) is 16.9 Å². The molecule has 0 bridgehead atoms. The highest BCUT2D eigenvalue weighted by atomic mass is 16.1. The third-order valence-corrected chi connectivity index (χ3v) is 3.46. The SMILES string of the molecule is NC(=O)C1CCC(NCCn2cccn2)CC1. The molecule has 1 aliphatic rings. The number of amides is 1. The van der Waals surface area contributed by atoms with Crippen LogP contribution < -0.4 is 11.1 Å². The van der Waals surface area contributed by atoms with E-state index >= 15 is 0 Å². The Hall–Kier alpha value is -1.36. The van der Waals surface area contributed by atoms with Crippen molar-refractivity contribution in [1.82, 2.24) is 15.1 Å². The van der Waals surface area contributed by atoms with Crippen LogP contribution in [0.25, 0.3) is 0 Å². The van der Waals surface area contributed by atoms with Crippen LogP contribution in [-0.4, -0.2) is 28.3 Å². The van der Waals surface area contributed by atoms with Gasteiger partial charge in [0.1, 0.15) is 0 Å². The predicted octanol–water partition coefficient (Wildman–Crippen LogP) is 0.517. The summed E-state index contributed by atoms with van der Waals surface area (Å²) in [7, 11) is 0. The number of nitrogens with two attached hydrogens (primary N) is 1. The van der Waals surface area contributed by atoms with Gasteiger partial charge in [-0.25, -0.2) is 0 Å². The van der Waals surface area contributed by atoms with Gasteiger partial charge in [-0.1, -0.05) is 0 Å². The van der Waals surface area contributed by atoms with E-state index in [4.69, 9.17) is 5.73 Å². The topological polar surface area (TPSA) is 72.9 Å². The molecule has 0 unspecified atom stereocenters. The number of hydrogen-bond acceptors (Lipinski definition) is 3. The van der Waals surface area contributed by atoms with Gasteiger partial charge in [-0.05, 0) is 31.7 Å². The van der Waals surface area contributed by atoms with Crippen molar-refractivity contribution >= 4 is 5.91 Å². The van der Waals surface area contributed by atoms with Crippen LogP contribution in [0, 0.1) is 5.92 Å². The van der Waals surface area contributed by atoms with Crippen LogP contribution in [0.2, 0.25) is 0 Å². The van der Waals surface area contributed by atoms with Gasteiger partial charge in [0.15, 0.2) is 0 Å². The highest BCUT2D eigenvalue weighted by molar-refractivity contribution is 5.76. The van der Waals surface area contributed by atoms with Crippen molar-refractivity contribution < 1.29 is 4.79 Å². The largest absolute Gasteiger partial charge is 0.369 e. The maximum atomic E-state index is 11.0.